The first-order valence-electron chi connectivity index (χ1n) is 8.80. The molecule has 1 unspecified atom stereocenters. The zero-order valence-electron chi connectivity index (χ0n) is 14.8. The fourth-order valence-corrected chi connectivity index (χ4v) is 3.36. The molecule has 0 spiro atoms. The number of guanidine groups is 1. The molecule has 140 valence electrons. The van der Waals surface area contributed by atoms with Crippen LogP contribution in [0.4, 0.5) is 0 Å². The Morgan fingerprint density at radius 3 is 2.84 bits per heavy atom. The van der Waals surface area contributed by atoms with Crippen LogP contribution in [0.15, 0.2) is 34.2 Å². The number of nitrogens with one attached hydrogen (secondary N) is 2. The molecule has 0 bridgehead atoms. The summed E-state index contributed by atoms with van der Waals surface area (Å²) in [5.74, 6) is 1.79. The molecule has 7 heteroatoms. The second-order valence-electron chi connectivity index (χ2n) is 5.79. The highest BCUT2D eigenvalue weighted by molar-refractivity contribution is 7.99. The van der Waals surface area contributed by atoms with Gasteiger partial charge in [-0.15, -0.1) is 11.8 Å². The predicted molar refractivity (Wildman–Crippen MR) is 106 cm³/mol. The maximum Gasteiger partial charge on any atom is 0.191 e. The lowest BCUT2D eigenvalue weighted by molar-refractivity contribution is 0.0168. The van der Waals surface area contributed by atoms with E-state index in [1.807, 2.05) is 24.3 Å². The van der Waals surface area contributed by atoms with Gasteiger partial charge in [0, 0.05) is 49.0 Å². The van der Waals surface area contributed by atoms with E-state index >= 15 is 0 Å². The van der Waals surface area contributed by atoms with E-state index in [-0.39, 0.29) is 0 Å². The average Bonchev–Trinajstić information content (AvgIpc) is 3.14. The van der Waals surface area contributed by atoms with Gasteiger partial charge in [-0.1, -0.05) is 11.6 Å². The molecule has 1 aliphatic heterocycles. The number of hydrogen-bond donors (Lipinski definition) is 2. The van der Waals surface area contributed by atoms with Gasteiger partial charge in [-0.3, -0.25) is 4.99 Å². The summed E-state index contributed by atoms with van der Waals surface area (Å²) < 4.78 is 11.2. The monoisotopic (exact) mass is 385 g/mol. The molecule has 2 rings (SSSR count). The minimum atomic E-state index is 0.306. The molecule has 1 heterocycles. The SMILES string of the molecule is CN=C(NCCCOCC1CCCO1)NCCSc1ccc(Cl)cc1. The minimum Gasteiger partial charge on any atom is -0.379 e. The number of nitrogens with zero attached hydrogens (tertiary/aromatic N) is 1. The van der Waals surface area contributed by atoms with E-state index in [1.54, 1.807) is 18.8 Å². The topological polar surface area (TPSA) is 54.9 Å². The Balaban J connectivity index is 1.46. The summed E-state index contributed by atoms with van der Waals surface area (Å²) in [6.45, 7) is 4.04. The Hall–Kier alpha value is -0.950. The van der Waals surface area contributed by atoms with Crippen molar-refractivity contribution in [3.05, 3.63) is 29.3 Å². The lowest BCUT2D eigenvalue weighted by atomic mass is 10.2. The van der Waals surface area contributed by atoms with Crippen LogP contribution in [-0.2, 0) is 9.47 Å². The normalized spacial score (nSPS) is 17.7. The Kier molecular flexibility index (Phi) is 10.1. The standard InChI is InChI=1S/C18H28ClN3O2S/c1-20-18(21-9-3-11-23-14-16-4-2-12-24-16)22-10-13-25-17-7-5-15(19)6-8-17/h5-8,16H,2-4,9-14H2,1H3,(H2,20,21,22). The second-order valence-corrected chi connectivity index (χ2v) is 7.40. The zero-order valence-corrected chi connectivity index (χ0v) is 16.4. The number of benzene rings is 1. The van der Waals surface area contributed by atoms with Crippen molar-refractivity contribution in [1.29, 1.82) is 0 Å². The van der Waals surface area contributed by atoms with E-state index in [0.29, 0.717) is 6.10 Å². The number of ether oxygens (including phenoxy) is 2. The molecule has 1 aliphatic rings. The molecule has 1 aromatic rings. The van der Waals surface area contributed by atoms with E-state index in [1.165, 1.54) is 4.90 Å². The molecule has 25 heavy (non-hydrogen) atoms. The predicted octanol–water partition coefficient (Wildman–Crippen LogP) is 3.18. The van der Waals surface area contributed by atoms with E-state index in [9.17, 15) is 0 Å². The molecule has 0 aromatic heterocycles. The number of aliphatic imine (C=N–C) groups is 1. The van der Waals surface area contributed by atoms with Crippen molar-refractivity contribution >= 4 is 29.3 Å². The highest BCUT2D eigenvalue weighted by atomic mass is 35.5. The first kappa shape index (κ1) is 20.4. The fraction of sp³-hybridized carbons (Fsp3) is 0.611. The van der Waals surface area contributed by atoms with Crippen LogP contribution in [0.5, 0.6) is 0 Å². The minimum absolute atomic E-state index is 0.306. The fourth-order valence-electron chi connectivity index (χ4n) is 2.46. The molecule has 0 saturated carbocycles. The van der Waals surface area contributed by atoms with Gasteiger partial charge < -0.3 is 20.1 Å². The van der Waals surface area contributed by atoms with Gasteiger partial charge in [-0.2, -0.15) is 0 Å². The number of thioether (sulfide) groups is 1. The van der Waals surface area contributed by atoms with Crippen LogP contribution in [0.2, 0.25) is 5.02 Å². The van der Waals surface area contributed by atoms with Crippen LogP contribution >= 0.6 is 23.4 Å². The second kappa shape index (κ2) is 12.4. The molecule has 0 amide bonds. The van der Waals surface area contributed by atoms with Crippen molar-refractivity contribution in [2.24, 2.45) is 4.99 Å². The van der Waals surface area contributed by atoms with E-state index in [0.717, 1.165) is 68.9 Å². The highest BCUT2D eigenvalue weighted by Crippen LogP contribution is 2.19. The first-order chi connectivity index (χ1) is 12.3. The first-order valence-corrected chi connectivity index (χ1v) is 10.2. The lowest BCUT2D eigenvalue weighted by Crippen LogP contribution is -2.39. The van der Waals surface area contributed by atoms with Crippen LogP contribution in [0.25, 0.3) is 0 Å². The summed E-state index contributed by atoms with van der Waals surface area (Å²) in [5.41, 5.74) is 0. The summed E-state index contributed by atoms with van der Waals surface area (Å²) in [6, 6.07) is 7.91. The Labute approximate surface area is 159 Å². The third-order valence-electron chi connectivity index (χ3n) is 3.79. The molecule has 1 atom stereocenters. The molecule has 1 aromatic carbocycles. The van der Waals surface area contributed by atoms with E-state index < -0.39 is 0 Å². The van der Waals surface area contributed by atoms with Crippen LogP contribution in [-0.4, -0.2) is 57.8 Å². The van der Waals surface area contributed by atoms with Crippen LogP contribution in [0, 0.1) is 0 Å². The molecule has 0 radical (unpaired) electrons. The molecular formula is C18H28ClN3O2S. The van der Waals surface area contributed by atoms with Gasteiger partial charge in [0.25, 0.3) is 0 Å². The van der Waals surface area contributed by atoms with Gasteiger partial charge in [0.2, 0.25) is 0 Å². The van der Waals surface area contributed by atoms with Gasteiger partial charge in [-0.05, 0) is 43.5 Å². The largest absolute Gasteiger partial charge is 0.379 e. The van der Waals surface area contributed by atoms with Gasteiger partial charge >= 0.3 is 0 Å². The highest BCUT2D eigenvalue weighted by Gasteiger charge is 2.14. The number of halogens is 1. The molecule has 5 nitrogen and oxygen atoms in total. The molecule has 1 saturated heterocycles. The lowest BCUT2D eigenvalue weighted by Gasteiger charge is -2.13. The zero-order chi connectivity index (χ0) is 17.7. The van der Waals surface area contributed by atoms with Gasteiger partial charge in [0.1, 0.15) is 0 Å². The smallest absolute Gasteiger partial charge is 0.191 e. The van der Waals surface area contributed by atoms with E-state index in [2.05, 4.69) is 15.6 Å². The van der Waals surface area contributed by atoms with Crippen molar-refractivity contribution in [1.82, 2.24) is 10.6 Å². The van der Waals surface area contributed by atoms with Gasteiger partial charge in [0.05, 0.1) is 12.7 Å². The van der Waals surface area contributed by atoms with E-state index in [4.69, 9.17) is 21.1 Å². The Morgan fingerprint density at radius 2 is 2.12 bits per heavy atom. The Morgan fingerprint density at radius 1 is 1.32 bits per heavy atom. The summed E-state index contributed by atoms with van der Waals surface area (Å²) in [5, 5.41) is 7.39. The molecule has 2 N–H and O–H groups in total. The molecule has 1 fully saturated rings. The Bertz CT molecular complexity index is 508. The van der Waals surface area contributed by atoms with Crippen molar-refractivity contribution in [2.45, 2.75) is 30.3 Å². The molecule has 0 aliphatic carbocycles. The third kappa shape index (κ3) is 8.81. The van der Waals surface area contributed by atoms with Crippen molar-refractivity contribution in [2.75, 3.05) is 45.7 Å². The maximum absolute atomic E-state index is 5.89. The average molecular weight is 386 g/mol. The number of hydrogen-bond acceptors (Lipinski definition) is 4. The molecular weight excluding hydrogens is 358 g/mol. The van der Waals surface area contributed by atoms with Crippen LogP contribution in [0.1, 0.15) is 19.3 Å². The summed E-state index contributed by atoms with van der Waals surface area (Å²) in [6.07, 6.45) is 3.55. The maximum atomic E-state index is 5.89. The summed E-state index contributed by atoms with van der Waals surface area (Å²) in [4.78, 5) is 5.45. The summed E-state index contributed by atoms with van der Waals surface area (Å²) in [7, 11) is 1.79. The van der Waals surface area contributed by atoms with Gasteiger partial charge in [-0.25, -0.2) is 0 Å². The van der Waals surface area contributed by atoms with Crippen LogP contribution < -0.4 is 10.6 Å². The van der Waals surface area contributed by atoms with Crippen LogP contribution in [0.3, 0.4) is 0 Å². The van der Waals surface area contributed by atoms with Crippen molar-refractivity contribution in [3.8, 4) is 0 Å². The third-order valence-corrected chi connectivity index (χ3v) is 5.05. The van der Waals surface area contributed by atoms with Crippen molar-refractivity contribution < 1.29 is 9.47 Å². The quantitative estimate of drug-likeness (QED) is 0.280. The van der Waals surface area contributed by atoms with Gasteiger partial charge in [0.15, 0.2) is 5.96 Å². The van der Waals surface area contributed by atoms with Crippen molar-refractivity contribution in [3.63, 3.8) is 0 Å². The summed E-state index contributed by atoms with van der Waals surface area (Å²) >= 11 is 7.68. The number of rotatable bonds is 10.